The predicted octanol–water partition coefficient (Wildman–Crippen LogP) is 5.20. The predicted molar refractivity (Wildman–Crippen MR) is 102 cm³/mol. The molecular weight excluding hydrogens is 294 g/mol. The van der Waals surface area contributed by atoms with E-state index in [1.165, 1.54) is 96.3 Å². The van der Waals surface area contributed by atoms with Gasteiger partial charge < -0.3 is 11.1 Å². The van der Waals surface area contributed by atoms with Crippen molar-refractivity contribution in [3.05, 3.63) is 0 Å². The lowest BCUT2D eigenvalue weighted by atomic mass is 9.51. The Labute approximate surface area is 149 Å². The summed E-state index contributed by atoms with van der Waals surface area (Å²) in [6, 6.07) is 0. The summed E-state index contributed by atoms with van der Waals surface area (Å²) in [5.41, 5.74) is 6.17. The molecule has 0 heterocycles. The maximum absolute atomic E-state index is 7.78. The van der Waals surface area contributed by atoms with Gasteiger partial charge in [-0.25, -0.2) is 0 Å². The fourth-order valence-corrected chi connectivity index (χ4v) is 6.60. The second-order valence-corrected chi connectivity index (χ2v) is 8.88. The number of nitrogens with one attached hydrogen (secondary N) is 2. The molecule has 3 aliphatic carbocycles. The van der Waals surface area contributed by atoms with E-state index in [-0.39, 0.29) is 5.96 Å². The zero-order chi connectivity index (χ0) is 16.8. The van der Waals surface area contributed by atoms with Crippen molar-refractivity contribution in [1.29, 1.82) is 5.41 Å². The lowest BCUT2D eigenvalue weighted by molar-refractivity contribution is -0.0437. The van der Waals surface area contributed by atoms with Crippen LogP contribution in [-0.4, -0.2) is 12.5 Å². The third-order valence-electron chi connectivity index (χ3n) is 7.68. The molecule has 0 aromatic rings. The summed E-state index contributed by atoms with van der Waals surface area (Å²) in [5, 5.41) is 11.1. The van der Waals surface area contributed by atoms with E-state index in [9.17, 15) is 0 Å². The Balaban J connectivity index is 1.90. The fourth-order valence-electron chi connectivity index (χ4n) is 6.60. The third-order valence-corrected chi connectivity index (χ3v) is 7.68. The zero-order valence-corrected chi connectivity index (χ0v) is 15.6. The maximum Gasteiger partial charge on any atom is 0.185 e. The standard InChI is InChI=1S/C21H39N3/c22-20(23)24-16-21(17-10-4-1-5-11-17,18-12-6-2-7-13-18)19-14-8-3-9-15-19/h17-19H,1-16H2,(H4,22,23,24). The van der Waals surface area contributed by atoms with Crippen LogP contribution in [0.3, 0.4) is 0 Å². The first-order chi connectivity index (χ1) is 11.7. The van der Waals surface area contributed by atoms with Gasteiger partial charge in [-0.05, 0) is 61.7 Å². The SMILES string of the molecule is N=C(N)NCC(C1CCCCC1)(C1CCCCC1)C1CCCCC1. The first-order valence-corrected chi connectivity index (χ1v) is 10.8. The van der Waals surface area contributed by atoms with Gasteiger partial charge in [0.15, 0.2) is 5.96 Å². The van der Waals surface area contributed by atoms with Gasteiger partial charge in [0.05, 0.1) is 0 Å². The van der Waals surface area contributed by atoms with Crippen LogP contribution >= 0.6 is 0 Å². The average molecular weight is 334 g/mol. The summed E-state index contributed by atoms with van der Waals surface area (Å²) in [7, 11) is 0. The van der Waals surface area contributed by atoms with Crippen molar-refractivity contribution >= 4 is 5.96 Å². The molecule has 3 aliphatic rings. The first kappa shape index (κ1) is 18.1. The molecule has 0 aromatic heterocycles. The van der Waals surface area contributed by atoms with E-state index < -0.39 is 0 Å². The van der Waals surface area contributed by atoms with Crippen LogP contribution in [0.1, 0.15) is 96.3 Å². The van der Waals surface area contributed by atoms with Crippen molar-refractivity contribution in [3.8, 4) is 0 Å². The van der Waals surface area contributed by atoms with E-state index in [1.807, 2.05) is 0 Å². The molecule has 24 heavy (non-hydrogen) atoms. The molecule has 138 valence electrons. The van der Waals surface area contributed by atoms with E-state index in [1.54, 1.807) is 0 Å². The summed E-state index contributed by atoms with van der Waals surface area (Å²) in [6.45, 7) is 0.975. The van der Waals surface area contributed by atoms with Crippen LogP contribution in [0.2, 0.25) is 0 Å². The summed E-state index contributed by atoms with van der Waals surface area (Å²) in [6.07, 6.45) is 21.4. The van der Waals surface area contributed by atoms with Crippen LogP contribution in [0.15, 0.2) is 0 Å². The first-order valence-electron chi connectivity index (χ1n) is 10.8. The Morgan fingerprint density at radius 1 is 0.708 bits per heavy atom. The molecule has 3 saturated carbocycles. The van der Waals surface area contributed by atoms with Crippen molar-refractivity contribution in [2.75, 3.05) is 6.54 Å². The van der Waals surface area contributed by atoms with E-state index in [4.69, 9.17) is 11.1 Å². The molecule has 3 nitrogen and oxygen atoms in total. The van der Waals surface area contributed by atoms with Crippen LogP contribution < -0.4 is 11.1 Å². The van der Waals surface area contributed by atoms with E-state index >= 15 is 0 Å². The van der Waals surface area contributed by atoms with Crippen LogP contribution in [0.5, 0.6) is 0 Å². The van der Waals surface area contributed by atoms with Crippen molar-refractivity contribution in [1.82, 2.24) is 5.32 Å². The summed E-state index contributed by atoms with van der Waals surface area (Å²) in [5.74, 6) is 2.78. The zero-order valence-electron chi connectivity index (χ0n) is 15.6. The molecule has 0 spiro atoms. The molecule has 3 rings (SSSR count). The Kier molecular flexibility index (Phi) is 6.46. The second kappa shape index (κ2) is 8.58. The molecule has 0 amide bonds. The normalized spacial score (nSPS) is 25.5. The Morgan fingerprint density at radius 3 is 1.33 bits per heavy atom. The molecule has 3 fully saturated rings. The Hall–Kier alpha value is -0.730. The number of nitrogens with two attached hydrogens (primary N) is 1. The Bertz CT molecular complexity index is 342. The highest BCUT2D eigenvalue weighted by molar-refractivity contribution is 5.74. The minimum absolute atomic E-state index is 0.182. The molecule has 0 saturated heterocycles. The molecule has 0 radical (unpaired) electrons. The van der Waals surface area contributed by atoms with Gasteiger partial charge in [-0.2, -0.15) is 0 Å². The van der Waals surface area contributed by atoms with Gasteiger partial charge in [-0.1, -0.05) is 57.8 Å². The molecule has 3 heteroatoms. The minimum Gasteiger partial charge on any atom is -0.370 e. The smallest absolute Gasteiger partial charge is 0.185 e. The highest BCUT2D eigenvalue weighted by atomic mass is 15.0. The maximum atomic E-state index is 7.78. The molecule has 0 aliphatic heterocycles. The number of hydrogen-bond donors (Lipinski definition) is 3. The Morgan fingerprint density at radius 2 is 1.04 bits per heavy atom. The van der Waals surface area contributed by atoms with E-state index in [0.29, 0.717) is 5.41 Å². The summed E-state index contributed by atoms with van der Waals surface area (Å²) >= 11 is 0. The third kappa shape index (κ3) is 3.91. The van der Waals surface area contributed by atoms with Gasteiger partial charge in [0.2, 0.25) is 0 Å². The van der Waals surface area contributed by atoms with Gasteiger partial charge in [-0.3, -0.25) is 5.41 Å². The topological polar surface area (TPSA) is 61.9 Å². The van der Waals surface area contributed by atoms with Crippen molar-refractivity contribution in [2.24, 2.45) is 28.9 Å². The lowest BCUT2D eigenvalue weighted by Crippen LogP contribution is -2.54. The molecule has 4 N–H and O–H groups in total. The lowest BCUT2D eigenvalue weighted by Gasteiger charge is -2.55. The summed E-state index contributed by atoms with van der Waals surface area (Å²) < 4.78 is 0. The summed E-state index contributed by atoms with van der Waals surface area (Å²) in [4.78, 5) is 0. The van der Waals surface area contributed by atoms with Crippen LogP contribution in [0.4, 0.5) is 0 Å². The van der Waals surface area contributed by atoms with Gasteiger partial charge >= 0.3 is 0 Å². The second-order valence-electron chi connectivity index (χ2n) is 8.88. The van der Waals surface area contributed by atoms with E-state index in [0.717, 1.165) is 24.3 Å². The van der Waals surface area contributed by atoms with Gasteiger partial charge in [-0.15, -0.1) is 0 Å². The largest absolute Gasteiger partial charge is 0.370 e. The van der Waals surface area contributed by atoms with Gasteiger partial charge in [0, 0.05) is 6.54 Å². The average Bonchev–Trinajstić information content (AvgIpc) is 2.65. The molecule has 0 aromatic carbocycles. The van der Waals surface area contributed by atoms with Crippen molar-refractivity contribution < 1.29 is 0 Å². The number of rotatable bonds is 5. The number of guanidine groups is 1. The van der Waals surface area contributed by atoms with Crippen LogP contribution in [0, 0.1) is 28.6 Å². The highest BCUT2D eigenvalue weighted by Gasteiger charge is 2.50. The molecule has 0 atom stereocenters. The van der Waals surface area contributed by atoms with Crippen LogP contribution in [-0.2, 0) is 0 Å². The van der Waals surface area contributed by atoms with Crippen molar-refractivity contribution in [2.45, 2.75) is 96.3 Å². The molecule has 0 bridgehead atoms. The highest BCUT2D eigenvalue weighted by Crippen LogP contribution is 2.56. The minimum atomic E-state index is 0.182. The number of hydrogen-bond acceptors (Lipinski definition) is 1. The van der Waals surface area contributed by atoms with E-state index in [2.05, 4.69) is 5.32 Å². The quantitative estimate of drug-likeness (QED) is 0.478. The van der Waals surface area contributed by atoms with Crippen LogP contribution in [0.25, 0.3) is 0 Å². The molecule has 0 unspecified atom stereocenters. The van der Waals surface area contributed by atoms with Gasteiger partial charge in [0.25, 0.3) is 0 Å². The molecular formula is C21H39N3. The monoisotopic (exact) mass is 333 g/mol. The van der Waals surface area contributed by atoms with Crippen molar-refractivity contribution in [3.63, 3.8) is 0 Å². The fraction of sp³-hybridized carbons (Fsp3) is 0.952. The van der Waals surface area contributed by atoms with Gasteiger partial charge in [0.1, 0.15) is 0 Å².